The fraction of sp³-hybridized carbons (Fsp3) is 0.400. The van der Waals surface area contributed by atoms with E-state index in [1.807, 2.05) is 0 Å². The van der Waals surface area contributed by atoms with Crippen molar-refractivity contribution in [1.82, 2.24) is 4.90 Å². The van der Waals surface area contributed by atoms with Crippen molar-refractivity contribution in [3.63, 3.8) is 0 Å². The molecular formula is C15H17N3S. The fourth-order valence-electron chi connectivity index (χ4n) is 2.98. The molecule has 4 rings (SSSR count). The summed E-state index contributed by atoms with van der Waals surface area (Å²) in [6.45, 7) is 4.37. The van der Waals surface area contributed by atoms with Crippen LogP contribution in [0.3, 0.4) is 0 Å². The van der Waals surface area contributed by atoms with Gasteiger partial charge in [-0.05, 0) is 25.0 Å². The van der Waals surface area contributed by atoms with Crippen LogP contribution in [-0.2, 0) is 0 Å². The minimum absolute atomic E-state index is 0.936. The lowest BCUT2D eigenvalue weighted by Crippen LogP contribution is -2.21. The SMILES string of the molecule is C1=C(c2cccc(N3CCCC3)c2)N2CCN=C2S1. The molecule has 0 radical (unpaired) electrons. The Morgan fingerprint density at radius 1 is 1.11 bits per heavy atom. The van der Waals surface area contributed by atoms with E-state index < -0.39 is 0 Å². The number of aliphatic imine (C=N–C) groups is 1. The third-order valence-electron chi connectivity index (χ3n) is 3.98. The average molecular weight is 271 g/mol. The van der Waals surface area contributed by atoms with E-state index in [0.717, 1.165) is 13.1 Å². The molecule has 1 aromatic rings. The molecule has 4 heteroatoms. The Kier molecular flexibility index (Phi) is 2.76. The van der Waals surface area contributed by atoms with Crippen LogP contribution in [0.25, 0.3) is 5.70 Å². The first-order valence-electron chi connectivity index (χ1n) is 6.96. The number of nitrogens with zero attached hydrogens (tertiary/aromatic N) is 3. The molecule has 1 fully saturated rings. The molecule has 0 bridgehead atoms. The number of rotatable bonds is 2. The summed E-state index contributed by atoms with van der Waals surface area (Å²) >= 11 is 1.75. The highest BCUT2D eigenvalue weighted by atomic mass is 32.2. The summed E-state index contributed by atoms with van der Waals surface area (Å²) < 4.78 is 0. The van der Waals surface area contributed by atoms with Crippen LogP contribution < -0.4 is 4.90 Å². The van der Waals surface area contributed by atoms with Gasteiger partial charge in [0.1, 0.15) is 0 Å². The summed E-state index contributed by atoms with van der Waals surface area (Å²) in [6.07, 6.45) is 2.65. The van der Waals surface area contributed by atoms with E-state index in [9.17, 15) is 0 Å². The lowest BCUT2D eigenvalue weighted by atomic mass is 10.1. The third kappa shape index (κ3) is 1.94. The minimum Gasteiger partial charge on any atom is -0.372 e. The molecule has 0 amide bonds. The number of thioether (sulfide) groups is 1. The van der Waals surface area contributed by atoms with Crippen LogP contribution in [0.1, 0.15) is 18.4 Å². The van der Waals surface area contributed by atoms with Gasteiger partial charge in [-0.25, -0.2) is 0 Å². The summed E-state index contributed by atoms with van der Waals surface area (Å²) in [4.78, 5) is 9.35. The first-order chi connectivity index (χ1) is 9.42. The molecule has 1 saturated heterocycles. The largest absolute Gasteiger partial charge is 0.372 e. The smallest absolute Gasteiger partial charge is 0.168 e. The number of hydrogen-bond donors (Lipinski definition) is 0. The maximum atomic E-state index is 4.52. The zero-order valence-corrected chi connectivity index (χ0v) is 11.7. The Morgan fingerprint density at radius 2 is 2.00 bits per heavy atom. The third-order valence-corrected chi connectivity index (χ3v) is 4.88. The standard InChI is InChI=1S/C15H17N3S/c1-2-8-17(7-1)13-5-3-4-12(10-13)14-11-19-15-16-6-9-18(14)15/h3-5,10-11H,1-2,6-9H2. The van der Waals surface area contributed by atoms with E-state index in [2.05, 4.69) is 44.5 Å². The highest BCUT2D eigenvalue weighted by Crippen LogP contribution is 2.36. The molecule has 0 saturated carbocycles. The van der Waals surface area contributed by atoms with Gasteiger partial charge in [0.05, 0.1) is 12.2 Å². The van der Waals surface area contributed by atoms with Gasteiger partial charge in [0.25, 0.3) is 0 Å². The highest BCUT2D eigenvalue weighted by molar-refractivity contribution is 8.16. The predicted octanol–water partition coefficient (Wildman–Crippen LogP) is 3.00. The Bertz CT molecular complexity index is 558. The van der Waals surface area contributed by atoms with Gasteiger partial charge >= 0.3 is 0 Å². The molecular weight excluding hydrogens is 254 g/mol. The topological polar surface area (TPSA) is 18.8 Å². The fourth-order valence-corrected chi connectivity index (χ4v) is 3.95. The molecule has 98 valence electrons. The van der Waals surface area contributed by atoms with Gasteiger partial charge in [-0.3, -0.25) is 4.99 Å². The Labute approximate surface area is 118 Å². The van der Waals surface area contributed by atoms with E-state index in [-0.39, 0.29) is 0 Å². The van der Waals surface area contributed by atoms with Gasteiger partial charge in [0, 0.05) is 36.3 Å². The second-order valence-electron chi connectivity index (χ2n) is 5.18. The maximum Gasteiger partial charge on any atom is 0.168 e. The summed E-state index contributed by atoms with van der Waals surface area (Å²) in [5, 5.41) is 3.41. The predicted molar refractivity (Wildman–Crippen MR) is 82.5 cm³/mol. The molecule has 19 heavy (non-hydrogen) atoms. The molecule has 0 unspecified atom stereocenters. The van der Waals surface area contributed by atoms with Crippen molar-refractivity contribution in [1.29, 1.82) is 0 Å². The van der Waals surface area contributed by atoms with Crippen LogP contribution in [0.2, 0.25) is 0 Å². The first-order valence-corrected chi connectivity index (χ1v) is 7.84. The zero-order chi connectivity index (χ0) is 12.7. The second kappa shape index (κ2) is 4.60. The lowest BCUT2D eigenvalue weighted by molar-refractivity contribution is 0.650. The highest BCUT2D eigenvalue weighted by Gasteiger charge is 2.27. The van der Waals surface area contributed by atoms with E-state index in [0.29, 0.717) is 0 Å². The second-order valence-corrected chi connectivity index (χ2v) is 6.02. The van der Waals surface area contributed by atoms with Crippen LogP contribution in [0.5, 0.6) is 0 Å². The van der Waals surface area contributed by atoms with Crippen molar-refractivity contribution in [2.24, 2.45) is 4.99 Å². The van der Waals surface area contributed by atoms with Crippen molar-refractivity contribution in [2.45, 2.75) is 12.8 Å². The minimum atomic E-state index is 0.936. The van der Waals surface area contributed by atoms with E-state index in [1.165, 1.54) is 48.0 Å². The van der Waals surface area contributed by atoms with Gasteiger partial charge in [-0.1, -0.05) is 23.9 Å². The summed E-state index contributed by atoms with van der Waals surface area (Å²) in [6, 6.07) is 8.96. The Hall–Kier alpha value is -1.42. The van der Waals surface area contributed by atoms with Crippen LogP contribution in [0.15, 0.2) is 34.7 Å². The van der Waals surface area contributed by atoms with E-state index >= 15 is 0 Å². The van der Waals surface area contributed by atoms with E-state index in [1.54, 1.807) is 11.8 Å². The van der Waals surface area contributed by atoms with Crippen molar-refractivity contribution in [3.8, 4) is 0 Å². The molecule has 3 nitrogen and oxygen atoms in total. The van der Waals surface area contributed by atoms with Gasteiger partial charge < -0.3 is 9.80 Å². The Morgan fingerprint density at radius 3 is 2.89 bits per heavy atom. The maximum absolute atomic E-state index is 4.52. The number of fused-ring (bicyclic) bond motifs is 1. The monoisotopic (exact) mass is 271 g/mol. The molecule has 0 atom stereocenters. The van der Waals surface area contributed by atoms with Crippen molar-refractivity contribution in [3.05, 3.63) is 35.2 Å². The van der Waals surface area contributed by atoms with Crippen molar-refractivity contribution < 1.29 is 0 Å². The summed E-state index contributed by atoms with van der Waals surface area (Å²) in [5.41, 5.74) is 4.01. The molecule has 3 aliphatic rings. The lowest BCUT2D eigenvalue weighted by Gasteiger charge is -2.21. The van der Waals surface area contributed by atoms with Crippen molar-refractivity contribution >= 4 is 28.3 Å². The summed E-state index contributed by atoms with van der Waals surface area (Å²) in [5.74, 6) is 0. The van der Waals surface area contributed by atoms with Gasteiger partial charge in [0.15, 0.2) is 5.17 Å². The van der Waals surface area contributed by atoms with Gasteiger partial charge in [-0.15, -0.1) is 0 Å². The van der Waals surface area contributed by atoms with Crippen LogP contribution in [-0.4, -0.2) is 36.2 Å². The molecule has 1 aromatic carbocycles. The molecule has 0 N–H and O–H groups in total. The quantitative estimate of drug-likeness (QED) is 0.824. The summed E-state index contributed by atoms with van der Waals surface area (Å²) in [7, 11) is 0. The van der Waals surface area contributed by atoms with Gasteiger partial charge in [-0.2, -0.15) is 0 Å². The first kappa shape index (κ1) is 11.4. The number of amidine groups is 1. The van der Waals surface area contributed by atoms with Crippen LogP contribution >= 0.6 is 11.8 Å². The van der Waals surface area contributed by atoms with Gasteiger partial charge in [0.2, 0.25) is 0 Å². The number of benzene rings is 1. The number of anilines is 1. The normalized spacial score (nSPS) is 21.7. The number of hydrogen-bond acceptors (Lipinski definition) is 4. The van der Waals surface area contributed by atoms with E-state index in [4.69, 9.17) is 0 Å². The van der Waals surface area contributed by atoms with Crippen molar-refractivity contribution in [2.75, 3.05) is 31.1 Å². The molecule has 0 spiro atoms. The van der Waals surface area contributed by atoms with Crippen LogP contribution in [0.4, 0.5) is 5.69 Å². The Balaban J connectivity index is 1.65. The average Bonchev–Trinajstić information content (AvgIpc) is 3.16. The molecule has 3 heterocycles. The molecule has 3 aliphatic heterocycles. The molecule has 0 aliphatic carbocycles. The molecule has 0 aromatic heterocycles. The zero-order valence-electron chi connectivity index (χ0n) is 10.9. The van der Waals surface area contributed by atoms with Crippen LogP contribution in [0, 0.1) is 0 Å².